The van der Waals surface area contributed by atoms with Crippen LogP contribution in [0.1, 0.15) is 21.6 Å². The van der Waals surface area contributed by atoms with E-state index >= 15 is 0 Å². The summed E-state index contributed by atoms with van der Waals surface area (Å²) in [5.41, 5.74) is 6.38. The van der Waals surface area contributed by atoms with Crippen LogP contribution in [0.5, 0.6) is 0 Å². The number of carbonyl (C=O) groups is 1. The molecular weight excluding hydrogens is 263 g/mol. The van der Waals surface area contributed by atoms with Crippen molar-refractivity contribution >= 4 is 11.7 Å². The monoisotopic (exact) mass is 274 g/mol. The topological polar surface area (TPSA) is 93.9 Å². The van der Waals surface area contributed by atoms with E-state index in [2.05, 4.69) is 9.84 Å². The van der Waals surface area contributed by atoms with Gasteiger partial charge in [0.25, 0.3) is 0 Å². The fraction of sp³-hybridized carbons (Fsp3) is 0.154. The zero-order valence-corrected chi connectivity index (χ0v) is 10.6. The Morgan fingerprint density at radius 2 is 2.35 bits per heavy atom. The van der Waals surface area contributed by atoms with Crippen molar-refractivity contribution in [3.8, 4) is 6.07 Å². The molecule has 20 heavy (non-hydrogen) atoms. The fourth-order valence-electron chi connectivity index (χ4n) is 1.71. The van der Waals surface area contributed by atoms with Crippen LogP contribution in [-0.2, 0) is 11.3 Å². The van der Waals surface area contributed by atoms with Crippen molar-refractivity contribution < 1.29 is 13.9 Å². The van der Waals surface area contributed by atoms with Crippen LogP contribution in [0.3, 0.4) is 0 Å². The minimum Gasteiger partial charge on any atom is -0.464 e. The quantitative estimate of drug-likeness (QED) is 0.851. The van der Waals surface area contributed by atoms with Crippen LogP contribution in [0.2, 0.25) is 0 Å². The summed E-state index contributed by atoms with van der Waals surface area (Å²) < 4.78 is 19.5. The van der Waals surface area contributed by atoms with Crippen LogP contribution in [0.15, 0.2) is 24.4 Å². The van der Waals surface area contributed by atoms with Crippen molar-refractivity contribution in [2.24, 2.45) is 0 Å². The number of aromatic nitrogens is 2. The Kier molecular flexibility index (Phi) is 3.66. The number of hydrogen-bond acceptors (Lipinski definition) is 5. The maximum Gasteiger partial charge on any atom is 0.360 e. The number of nitrogens with zero attached hydrogens (tertiary/aromatic N) is 3. The predicted octanol–water partition coefficient (Wildman–Crippen LogP) is 1.31. The van der Waals surface area contributed by atoms with E-state index in [9.17, 15) is 9.18 Å². The highest BCUT2D eigenvalue weighted by Crippen LogP contribution is 2.15. The van der Waals surface area contributed by atoms with Crippen LogP contribution < -0.4 is 5.73 Å². The second-order valence-corrected chi connectivity index (χ2v) is 4.04. The van der Waals surface area contributed by atoms with Gasteiger partial charge in [0.2, 0.25) is 0 Å². The summed E-state index contributed by atoms with van der Waals surface area (Å²) in [5, 5.41) is 12.7. The Bertz CT molecular complexity index is 703. The molecule has 0 saturated heterocycles. The number of hydrogen-bond donors (Lipinski definition) is 1. The lowest BCUT2D eigenvalue weighted by Gasteiger charge is -2.04. The van der Waals surface area contributed by atoms with Crippen LogP contribution in [0, 0.1) is 17.1 Å². The summed E-state index contributed by atoms with van der Waals surface area (Å²) in [4.78, 5) is 11.4. The lowest BCUT2D eigenvalue weighted by Crippen LogP contribution is -2.07. The number of esters is 1. The number of benzene rings is 1. The van der Waals surface area contributed by atoms with Crippen molar-refractivity contribution in [3.63, 3.8) is 0 Å². The van der Waals surface area contributed by atoms with E-state index in [4.69, 9.17) is 11.0 Å². The number of methoxy groups -OCH3 is 1. The molecule has 0 aliphatic carbocycles. The third kappa shape index (κ3) is 2.59. The number of anilines is 1. The van der Waals surface area contributed by atoms with Gasteiger partial charge < -0.3 is 10.5 Å². The molecule has 0 atom stereocenters. The molecule has 102 valence electrons. The maximum absolute atomic E-state index is 13.7. The second kappa shape index (κ2) is 5.40. The van der Waals surface area contributed by atoms with Crippen molar-refractivity contribution in [2.75, 3.05) is 12.8 Å². The number of nitrogen functional groups attached to an aromatic ring is 1. The van der Waals surface area contributed by atoms with Crippen molar-refractivity contribution in [3.05, 3.63) is 47.0 Å². The molecule has 1 aromatic heterocycles. The molecule has 0 unspecified atom stereocenters. The van der Waals surface area contributed by atoms with Gasteiger partial charge in [-0.15, -0.1) is 0 Å². The Morgan fingerprint density at radius 3 is 3.00 bits per heavy atom. The van der Waals surface area contributed by atoms with Crippen LogP contribution in [-0.4, -0.2) is 22.9 Å². The van der Waals surface area contributed by atoms with Gasteiger partial charge in [0.1, 0.15) is 5.82 Å². The van der Waals surface area contributed by atoms with E-state index in [1.165, 1.54) is 36.2 Å². The lowest BCUT2D eigenvalue weighted by atomic mass is 10.1. The molecule has 0 aliphatic heterocycles. The van der Waals surface area contributed by atoms with Crippen LogP contribution >= 0.6 is 0 Å². The van der Waals surface area contributed by atoms with Gasteiger partial charge in [0, 0.05) is 11.8 Å². The molecular formula is C13H11FN4O2. The van der Waals surface area contributed by atoms with Gasteiger partial charge in [-0.25, -0.2) is 9.18 Å². The van der Waals surface area contributed by atoms with Gasteiger partial charge in [-0.2, -0.15) is 10.4 Å². The van der Waals surface area contributed by atoms with Gasteiger partial charge in [-0.3, -0.25) is 4.68 Å². The van der Waals surface area contributed by atoms with E-state index < -0.39 is 11.8 Å². The van der Waals surface area contributed by atoms with Crippen molar-refractivity contribution in [1.82, 2.24) is 9.78 Å². The minimum absolute atomic E-state index is 0.0238. The Balaban J connectivity index is 2.31. The number of ether oxygens (including phenoxy) is 1. The summed E-state index contributed by atoms with van der Waals surface area (Å²) in [6.45, 7) is 0.0581. The molecule has 6 nitrogen and oxygen atoms in total. The SMILES string of the molecule is COC(=O)c1nn(Cc2cc(C#N)ccc2F)cc1N. The first-order valence-corrected chi connectivity index (χ1v) is 5.65. The molecule has 7 heteroatoms. The molecule has 1 heterocycles. The molecule has 1 aromatic carbocycles. The molecule has 0 radical (unpaired) electrons. The van der Waals surface area contributed by atoms with Crippen LogP contribution in [0.4, 0.5) is 10.1 Å². The third-order valence-electron chi connectivity index (χ3n) is 2.68. The molecule has 0 fully saturated rings. The zero-order chi connectivity index (χ0) is 14.7. The van der Waals surface area contributed by atoms with E-state index in [0.717, 1.165) is 0 Å². The average molecular weight is 274 g/mol. The fourth-order valence-corrected chi connectivity index (χ4v) is 1.71. The summed E-state index contributed by atoms with van der Waals surface area (Å²) in [7, 11) is 1.22. The Labute approximate surface area is 114 Å². The first-order chi connectivity index (χ1) is 9.55. The second-order valence-electron chi connectivity index (χ2n) is 4.04. The first kappa shape index (κ1) is 13.5. The Morgan fingerprint density at radius 1 is 1.60 bits per heavy atom. The number of nitrogens with two attached hydrogens (primary N) is 1. The van der Waals surface area contributed by atoms with E-state index in [0.29, 0.717) is 5.56 Å². The minimum atomic E-state index is -0.660. The maximum atomic E-state index is 13.7. The highest BCUT2D eigenvalue weighted by Gasteiger charge is 2.16. The normalized spacial score (nSPS) is 10.1. The molecule has 0 spiro atoms. The van der Waals surface area contributed by atoms with Crippen molar-refractivity contribution in [2.45, 2.75) is 6.54 Å². The predicted molar refractivity (Wildman–Crippen MR) is 68.2 cm³/mol. The largest absolute Gasteiger partial charge is 0.464 e. The molecule has 2 rings (SSSR count). The molecule has 2 N–H and O–H groups in total. The average Bonchev–Trinajstić information content (AvgIpc) is 2.81. The molecule has 2 aromatic rings. The Hall–Kier alpha value is -2.88. The van der Waals surface area contributed by atoms with Gasteiger partial charge in [0.15, 0.2) is 5.69 Å². The summed E-state index contributed by atoms with van der Waals surface area (Å²) in [6.07, 6.45) is 1.41. The lowest BCUT2D eigenvalue weighted by molar-refractivity contribution is 0.0594. The number of rotatable bonds is 3. The van der Waals surface area contributed by atoms with Gasteiger partial charge in [0.05, 0.1) is 31.0 Å². The van der Waals surface area contributed by atoms with E-state index in [1.807, 2.05) is 6.07 Å². The highest BCUT2D eigenvalue weighted by atomic mass is 19.1. The number of halogens is 1. The molecule has 0 saturated carbocycles. The molecule has 0 amide bonds. The summed E-state index contributed by atoms with van der Waals surface area (Å²) in [6, 6.07) is 5.95. The smallest absolute Gasteiger partial charge is 0.360 e. The van der Waals surface area contributed by atoms with E-state index in [1.54, 1.807) is 0 Å². The van der Waals surface area contributed by atoms with Gasteiger partial charge >= 0.3 is 5.97 Å². The number of carbonyl (C=O) groups excluding carboxylic acids is 1. The first-order valence-electron chi connectivity index (χ1n) is 5.65. The highest BCUT2D eigenvalue weighted by molar-refractivity contribution is 5.92. The summed E-state index contributed by atoms with van der Waals surface area (Å²) >= 11 is 0. The summed E-state index contributed by atoms with van der Waals surface area (Å²) in [5.74, 6) is -1.12. The van der Waals surface area contributed by atoms with Gasteiger partial charge in [-0.05, 0) is 18.2 Å². The third-order valence-corrected chi connectivity index (χ3v) is 2.68. The van der Waals surface area contributed by atoms with Crippen molar-refractivity contribution in [1.29, 1.82) is 5.26 Å². The van der Waals surface area contributed by atoms with E-state index in [-0.39, 0.29) is 23.5 Å². The molecule has 0 aliphatic rings. The number of nitriles is 1. The zero-order valence-electron chi connectivity index (χ0n) is 10.6. The molecule has 0 bridgehead atoms. The van der Waals surface area contributed by atoms with Gasteiger partial charge in [-0.1, -0.05) is 0 Å². The van der Waals surface area contributed by atoms with Crippen LogP contribution in [0.25, 0.3) is 0 Å². The standard InChI is InChI=1S/C13H11FN4O2/c1-20-13(19)12-11(16)7-18(17-12)6-9-4-8(5-15)2-3-10(9)14/h2-4,7H,6,16H2,1H3.